The molecule has 2 aliphatic rings. The molecular formula is C58H113NO13. The predicted molar refractivity (Wildman–Crippen MR) is 286 cm³/mol. The van der Waals surface area contributed by atoms with Crippen molar-refractivity contribution >= 4 is 5.91 Å². The van der Waals surface area contributed by atoms with Gasteiger partial charge in [-0.2, -0.15) is 0 Å². The van der Waals surface area contributed by atoms with Crippen LogP contribution in [0.4, 0.5) is 0 Å². The number of ether oxygens (including phenoxy) is 4. The molecule has 14 nitrogen and oxygen atoms in total. The highest BCUT2D eigenvalue weighted by Crippen LogP contribution is 2.30. The first kappa shape index (κ1) is 67.1. The van der Waals surface area contributed by atoms with E-state index in [2.05, 4.69) is 19.2 Å². The Morgan fingerprint density at radius 3 is 1.18 bits per heavy atom. The molecule has 14 heteroatoms. The minimum atomic E-state index is -1.78. The fraction of sp³-hybridized carbons (Fsp3) is 0.983. The number of aliphatic hydroxyl groups excluding tert-OH is 8. The largest absolute Gasteiger partial charge is 0.394 e. The summed E-state index contributed by atoms with van der Waals surface area (Å²) < 4.78 is 22.7. The summed E-state index contributed by atoms with van der Waals surface area (Å²) in [4.78, 5) is 13.1. The molecule has 2 fully saturated rings. The quantitative estimate of drug-likeness (QED) is 0.0259. The van der Waals surface area contributed by atoms with E-state index in [1.165, 1.54) is 186 Å². The molecule has 2 aliphatic heterocycles. The van der Waals surface area contributed by atoms with Crippen LogP contribution in [0, 0.1) is 0 Å². The van der Waals surface area contributed by atoms with Crippen LogP contribution in [0.2, 0.25) is 0 Å². The molecule has 0 bridgehead atoms. The zero-order valence-corrected chi connectivity index (χ0v) is 46.0. The van der Waals surface area contributed by atoms with Gasteiger partial charge >= 0.3 is 0 Å². The number of carbonyl (C=O) groups is 1. The molecule has 1 amide bonds. The van der Waals surface area contributed by atoms with Crippen molar-refractivity contribution in [1.29, 1.82) is 0 Å². The molecule has 0 spiro atoms. The van der Waals surface area contributed by atoms with Crippen molar-refractivity contribution in [3.05, 3.63) is 0 Å². The monoisotopic (exact) mass is 1030 g/mol. The zero-order chi connectivity index (χ0) is 52.4. The molecule has 0 aromatic carbocycles. The second-order valence-corrected chi connectivity index (χ2v) is 21.8. The van der Waals surface area contributed by atoms with Gasteiger partial charge < -0.3 is 65.1 Å². The van der Waals surface area contributed by atoms with E-state index in [0.29, 0.717) is 12.8 Å². The van der Waals surface area contributed by atoms with Crippen molar-refractivity contribution in [3.8, 4) is 0 Å². The summed E-state index contributed by atoms with van der Waals surface area (Å²) in [7, 11) is 0. The lowest BCUT2D eigenvalue weighted by Crippen LogP contribution is -2.65. The van der Waals surface area contributed by atoms with Crippen LogP contribution >= 0.6 is 0 Å². The van der Waals surface area contributed by atoms with E-state index in [-0.39, 0.29) is 12.5 Å². The number of carbonyl (C=O) groups excluding carboxylic acids is 1. The predicted octanol–water partition coefficient (Wildman–Crippen LogP) is 10.1. The van der Waals surface area contributed by atoms with E-state index in [4.69, 9.17) is 18.9 Å². The van der Waals surface area contributed by atoms with Crippen molar-refractivity contribution < 1.29 is 64.6 Å². The highest BCUT2D eigenvalue weighted by atomic mass is 16.7. The Morgan fingerprint density at radius 1 is 0.444 bits per heavy atom. The lowest BCUT2D eigenvalue weighted by atomic mass is 9.97. The number of rotatable bonds is 49. The smallest absolute Gasteiger partial charge is 0.220 e. The molecule has 2 rings (SSSR count). The van der Waals surface area contributed by atoms with E-state index < -0.39 is 86.8 Å². The van der Waals surface area contributed by atoms with Crippen molar-refractivity contribution in [1.82, 2.24) is 5.32 Å². The number of hydrogen-bond donors (Lipinski definition) is 9. The van der Waals surface area contributed by atoms with Crippen molar-refractivity contribution in [2.24, 2.45) is 0 Å². The molecule has 0 aromatic heterocycles. The first-order valence-corrected chi connectivity index (χ1v) is 30.3. The highest BCUT2D eigenvalue weighted by molar-refractivity contribution is 5.76. The maximum absolute atomic E-state index is 13.1. The van der Waals surface area contributed by atoms with Gasteiger partial charge in [-0.15, -0.1) is 0 Å². The first-order valence-electron chi connectivity index (χ1n) is 30.3. The Bertz CT molecular complexity index is 1220. The molecule has 9 N–H and O–H groups in total. The third kappa shape index (κ3) is 30.7. The summed E-state index contributed by atoms with van der Waals surface area (Å²) in [5.41, 5.74) is 0. The van der Waals surface area contributed by atoms with Gasteiger partial charge in [-0.3, -0.25) is 4.79 Å². The van der Waals surface area contributed by atoms with Gasteiger partial charge in [0.2, 0.25) is 5.91 Å². The molecular weight excluding hydrogens is 919 g/mol. The molecule has 2 saturated heterocycles. The van der Waals surface area contributed by atoms with Crippen LogP contribution in [0.25, 0.3) is 0 Å². The molecule has 0 saturated carbocycles. The standard InChI is InChI=1S/C58H113NO13/c1-3-5-7-9-10-11-12-13-14-15-16-17-18-19-20-21-22-23-24-25-26-27-28-29-30-31-32-33-34-35-36-38-40-42-50(63)59-46(47(62)41-39-37-8-6-4-2)45-69-57-55(68)53(66)56(49(44-61)71-57)72-58-54(67)52(65)51(64)48(43-60)70-58/h46-49,51-58,60-62,64-68H,3-45H2,1-2H3,(H,59,63). The van der Waals surface area contributed by atoms with Crippen molar-refractivity contribution in [3.63, 3.8) is 0 Å². The van der Waals surface area contributed by atoms with Crippen LogP contribution < -0.4 is 5.32 Å². The number of aliphatic hydroxyl groups is 8. The van der Waals surface area contributed by atoms with E-state index in [1.54, 1.807) is 0 Å². The van der Waals surface area contributed by atoms with Gasteiger partial charge in [0.05, 0.1) is 32.0 Å². The normalized spacial score (nSPS) is 25.5. The number of nitrogens with one attached hydrogen (secondary N) is 1. The van der Waals surface area contributed by atoms with Crippen LogP contribution in [0.3, 0.4) is 0 Å². The average Bonchev–Trinajstić information content (AvgIpc) is 3.38. The maximum atomic E-state index is 13.1. The average molecular weight is 1030 g/mol. The van der Waals surface area contributed by atoms with Gasteiger partial charge in [-0.25, -0.2) is 0 Å². The lowest BCUT2D eigenvalue weighted by molar-refractivity contribution is -0.359. The molecule has 428 valence electrons. The van der Waals surface area contributed by atoms with Crippen LogP contribution in [0.1, 0.15) is 271 Å². The molecule has 2 heterocycles. The minimum absolute atomic E-state index is 0.208. The van der Waals surface area contributed by atoms with Crippen LogP contribution in [0.5, 0.6) is 0 Å². The SMILES string of the molecule is CCCCCCCCCCCCCCCCCCCCCCCCCCCCCCCCCCCC(=O)NC(COC1OC(CO)C(OC2OC(CO)C(O)C(O)C2O)C(O)C1O)C(O)CCCCCCC. The fourth-order valence-electron chi connectivity index (χ4n) is 10.4. The van der Waals surface area contributed by atoms with E-state index in [1.807, 2.05) is 0 Å². The molecule has 0 radical (unpaired) electrons. The number of hydrogen-bond acceptors (Lipinski definition) is 13. The summed E-state index contributed by atoms with van der Waals surface area (Å²) in [6, 6.07) is -0.819. The summed E-state index contributed by atoms with van der Waals surface area (Å²) in [5.74, 6) is -0.208. The van der Waals surface area contributed by atoms with Gasteiger partial charge in [0, 0.05) is 6.42 Å². The van der Waals surface area contributed by atoms with Crippen molar-refractivity contribution in [2.45, 2.75) is 344 Å². The minimum Gasteiger partial charge on any atom is -0.394 e. The fourth-order valence-corrected chi connectivity index (χ4v) is 10.4. The van der Waals surface area contributed by atoms with Crippen LogP contribution in [-0.4, -0.2) is 140 Å². The lowest BCUT2D eigenvalue weighted by Gasteiger charge is -2.46. The Kier molecular flexibility index (Phi) is 42.0. The topological polar surface area (TPSA) is 228 Å². The van der Waals surface area contributed by atoms with Crippen LogP contribution in [-0.2, 0) is 23.7 Å². The summed E-state index contributed by atoms with van der Waals surface area (Å²) in [5, 5.41) is 86.5. The van der Waals surface area contributed by atoms with E-state index in [9.17, 15) is 45.6 Å². The molecule has 0 aliphatic carbocycles. The first-order chi connectivity index (χ1) is 35.1. The van der Waals surface area contributed by atoms with Crippen LogP contribution in [0.15, 0.2) is 0 Å². The second kappa shape index (κ2) is 45.1. The third-order valence-corrected chi connectivity index (χ3v) is 15.3. The van der Waals surface area contributed by atoms with Gasteiger partial charge in [-0.1, -0.05) is 251 Å². The second-order valence-electron chi connectivity index (χ2n) is 21.8. The Morgan fingerprint density at radius 2 is 0.792 bits per heavy atom. The summed E-state index contributed by atoms with van der Waals surface area (Å²) >= 11 is 0. The zero-order valence-electron chi connectivity index (χ0n) is 46.0. The number of unbranched alkanes of at least 4 members (excludes halogenated alkanes) is 36. The maximum Gasteiger partial charge on any atom is 0.220 e. The summed E-state index contributed by atoms with van der Waals surface area (Å²) in [6.07, 6.45) is 33.6. The van der Waals surface area contributed by atoms with Gasteiger partial charge in [0.1, 0.15) is 48.8 Å². The van der Waals surface area contributed by atoms with Gasteiger partial charge in [0.15, 0.2) is 12.6 Å². The molecule has 72 heavy (non-hydrogen) atoms. The highest BCUT2D eigenvalue weighted by Gasteiger charge is 2.51. The van der Waals surface area contributed by atoms with E-state index >= 15 is 0 Å². The summed E-state index contributed by atoms with van der Waals surface area (Å²) in [6.45, 7) is 2.78. The Labute approximate surface area is 438 Å². The third-order valence-electron chi connectivity index (χ3n) is 15.3. The molecule has 12 atom stereocenters. The molecule has 12 unspecified atom stereocenters. The Hall–Kier alpha value is -1.01. The number of amides is 1. The molecule has 0 aromatic rings. The van der Waals surface area contributed by atoms with E-state index in [0.717, 1.165) is 57.8 Å². The van der Waals surface area contributed by atoms with Gasteiger partial charge in [0.25, 0.3) is 0 Å². The van der Waals surface area contributed by atoms with Gasteiger partial charge in [-0.05, 0) is 12.8 Å². The Balaban J connectivity index is 1.51. The van der Waals surface area contributed by atoms with Crippen molar-refractivity contribution in [2.75, 3.05) is 19.8 Å².